The third kappa shape index (κ3) is 3.90. The summed E-state index contributed by atoms with van der Waals surface area (Å²) in [4.78, 5) is 4.67. The average Bonchev–Trinajstić information content (AvgIpc) is 2.99. The SMILES string of the molecule is CCC(CC)C1CN=C(NC(C)CC2CC2)S1. The largest absolute Gasteiger partial charge is 0.362 e. The summed E-state index contributed by atoms with van der Waals surface area (Å²) >= 11 is 1.98. The third-order valence-corrected chi connectivity index (χ3v) is 5.31. The van der Waals surface area contributed by atoms with Crippen molar-refractivity contribution in [1.29, 1.82) is 0 Å². The van der Waals surface area contributed by atoms with Crippen LogP contribution < -0.4 is 5.32 Å². The van der Waals surface area contributed by atoms with E-state index in [4.69, 9.17) is 0 Å². The van der Waals surface area contributed by atoms with Crippen LogP contribution in [-0.2, 0) is 0 Å². The minimum Gasteiger partial charge on any atom is -0.362 e. The molecule has 2 atom stereocenters. The average molecular weight is 254 g/mol. The highest BCUT2D eigenvalue weighted by Crippen LogP contribution is 2.34. The molecule has 0 aromatic carbocycles. The minimum atomic E-state index is 0.606. The molecule has 2 nitrogen and oxygen atoms in total. The Kier molecular flexibility index (Phi) is 4.78. The Hall–Kier alpha value is -0.180. The van der Waals surface area contributed by atoms with E-state index in [-0.39, 0.29) is 0 Å². The molecule has 0 aromatic heterocycles. The number of amidine groups is 1. The van der Waals surface area contributed by atoms with Gasteiger partial charge in [-0.1, -0.05) is 51.3 Å². The number of nitrogens with one attached hydrogen (secondary N) is 1. The number of rotatable bonds is 6. The van der Waals surface area contributed by atoms with Crippen LogP contribution in [0.1, 0.15) is 52.9 Å². The van der Waals surface area contributed by atoms with Gasteiger partial charge in [0.1, 0.15) is 0 Å². The van der Waals surface area contributed by atoms with E-state index in [1.807, 2.05) is 11.8 Å². The Morgan fingerprint density at radius 2 is 2.06 bits per heavy atom. The maximum Gasteiger partial charge on any atom is 0.157 e. The molecular formula is C14H26N2S. The van der Waals surface area contributed by atoms with Gasteiger partial charge in [0.15, 0.2) is 5.17 Å². The lowest BCUT2D eigenvalue weighted by atomic mass is 9.99. The quantitative estimate of drug-likeness (QED) is 0.782. The molecule has 0 aromatic rings. The molecule has 0 spiro atoms. The molecule has 0 amide bonds. The van der Waals surface area contributed by atoms with Crippen molar-refractivity contribution in [3.8, 4) is 0 Å². The molecule has 2 unspecified atom stereocenters. The van der Waals surface area contributed by atoms with Crippen LogP contribution >= 0.6 is 11.8 Å². The van der Waals surface area contributed by atoms with Crippen molar-refractivity contribution >= 4 is 16.9 Å². The van der Waals surface area contributed by atoms with E-state index in [0.29, 0.717) is 6.04 Å². The second-order valence-corrected chi connectivity index (χ2v) is 6.83. The molecule has 2 rings (SSSR count). The van der Waals surface area contributed by atoms with Gasteiger partial charge in [0, 0.05) is 11.3 Å². The Labute approximate surface area is 110 Å². The summed E-state index contributed by atoms with van der Waals surface area (Å²) in [5, 5.41) is 5.52. The van der Waals surface area contributed by atoms with Gasteiger partial charge in [0.05, 0.1) is 6.54 Å². The Morgan fingerprint density at radius 1 is 1.35 bits per heavy atom. The molecule has 2 aliphatic rings. The Morgan fingerprint density at radius 3 is 2.65 bits per heavy atom. The molecule has 1 saturated carbocycles. The summed E-state index contributed by atoms with van der Waals surface area (Å²) in [6, 6.07) is 0.606. The van der Waals surface area contributed by atoms with Crippen LogP contribution in [0.2, 0.25) is 0 Å². The number of aliphatic imine (C=N–C) groups is 1. The third-order valence-electron chi connectivity index (χ3n) is 4.01. The molecule has 1 fully saturated rings. The fourth-order valence-corrected chi connectivity index (χ4v) is 4.08. The molecule has 1 aliphatic heterocycles. The first kappa shape index (κ1) is 13.3. The van der Waals surface area contributed by atoms with Crippen molar-refractivity contribution in [3.05, 3.63) is 0 Å². The Balaban J connectivity index is 1.72. The first-order valence-corrected chi connectivity index (χ1v) is 8.08. The van der Waals surface area contributed by atoms with Crippen molar-refractivity contribution in [2.24, 2.45) is 16.8 Å². The number of thioether (sulfide) groups is 1. The molecule has 3 heteroatoms. The molecular weight excluding hydrogens is 228 g/mol. The monoisotopic (exact) mass is 254 g/mol. The molecule has 0 bridgehead atoms. The van der Waals surface area contributed by atoms with Crippen LogP contribution in [0.5, 0.6) is 0 Å². The van der Waals surface area contributed by atoms with Crippen molar-refractivity contribution < 1.29 is 0 Å². The lowest BCUT2D eigenvalue weighted by Gasteiger charge is -2.19. The van der Waals surface area contributed by atoms with Crippen LogP contribution in [0.4, 0.5) is 0 Å². The van der Waals surface area contributed by atoms with Gasteiger partial charge in [-0.3, -0.25) is 4.99 Å². The second kappa shape index (κ2) is 6.12. The van der Waals surface area contributed by atoms with Gasteiger partial charge in [-0.05, 0) is 25.2 Å². The standard InChI is InChI=1S/C14H26N2S/c1-4-12(5-2)13-9-15-14(17-13)16-10(3)8-11-6-7-11/h10-13H,4-9H2,1-3H3,(H,15,16). The Bertz CT molecular complexity index is 269. The van der Waals surface area contributed by atoms with Gasteiger partial charge in [-0.2, -0.15) is 0 Å². The van der Waals surface area contributed by atoms with E-state index in [0.717, 1.165) is 23.6 Å². The van der Waals surface area contributed by atoms with E-state index in [1.54, 1.807) is 0 Å². The molecule has 0 saturated heterocycles. The summed E-state index contributed by atoms with van der Waals surface area (Å²) in [5.74, 6) is 1.83. The summed E-state index contributed by atoms with van der Waals surface area (Å²) in [5.41, 5.74) is 0. The highest BCUT2D eigenvalue weighted by molar-refractivity contribution is 8.14. The van der Waals surface area contributed by atoms with Crippen molar-refractivity contribution in [3.63, 3.8) is 0 Å². The highest BCUT2D eigenvalue weighted by atomic mass is 32.2. The van der Waals surface area contributed by atoms with Crippen LogP contribution in [-0.4, -0.2) is 23.0 Å². The van der Waals surface area contributed by atoms with E-state index in [1.165, 1.54) is 37.3 Å². The van der Waals surface area contributed by atoms with Crippen LogP contribution in [0.3, 0.4) is 0 Å². The zero-order chi connectivity index (χ0) is 12.3. The maximum atomic E-state index is 4.67. The molecule has 17 heavy (non-hydrogen) atoms. The van der Waals surface area contributed by atoms with E-state index in [9.17, 15) is 0 Å². The molecule has 98 valence electrons. The van der Waals surface area contributed by atoms with Crippen LogP contribution in [0.25, 0.3) is 0 Å². The smallest absolute Gasteiger partial charge is 0.157 e. The zero-order valence-corrected chi connectivity index (χ0v) is 12.2. The van der Waals surface area contributed by atoms with Crippen LogP contribution in [0, 0.1) is 11.8 Å². The van der Waals surface area contributed by atoms with Gasteiger partial charge in [-0.15, -0.1) is 0 Å². The summed E-state index contributed by atoms with van der Waals surface area (Å²) < 4.78 is 0. The number of hydrogen-bond acceptors (Lipinski definition) is 3. The minimum absolute atomic E-state index is 0.606. The first-order chi connectivity index (χ1) is 8.22. The molecule has 1 N–H and O–H groups in total. The lowest BCUT2D eigenvalue weighted by Crippen LogP contribution is -2.30. The maximum absolute atomic E-state index is 4.67. The predicted molar refractivity (Wildman–Crippen MR) is 77.7 cm³/mol. The summed E-state index contributed by atoms with van der Waals surface area (Å²) in [7, 11) is 0. The molecule has 1 heterocycles. The predicted octanol–water partition coefficient (Wildman–Crippen LogP) is 3.67. The van der Waals surface area contributed by atoms with E-state index < -0.39 is 0 Å². The van der Waals surface area contributed by atoms with Gasteiger partial charge in [0.25, 0.3) is 0 Å². The number of hydrogen-bond donors (Lipinski definition) is 1. The molecule has 1 aliphatic carbocycles. The summed E-state index contributed by atoms with van der Waals surface area (Å²) in [6.45, 7) is 7.92. The zero-order valence-electron chi connectivity index (χ0n) is 11.4. The van der Waals surface area contributed by atoms with E-state index >= 15 is 0 Å². The van der Waals surface area contributed by atoms with Crippen molar-refractivity contribution in [2.75, 3.05) is 6.54 Å². The van der Waals surface area contributed by atoms with Gasteiger partial charge >= 0.3 is 0 Å². The van der Waals surface area contributed by atoms with Crippen molar-refractivity contribution in [1.82, 2.24) is 5.32 Å². The first-order valence-electron chi connectivity index (χ1n) is 7.20. The van der Waals surface area contributed by atoms with Gasteiger partial charge < -0.3 is 5.32 Å². The molecule has 0 radical (unpaired) electrons. The fourth-order valence-electron chi connectivity index (χ4n) is 2.65. The van der Waals surface area contributed by atoms with Gasteiger partial charge in [-0.25, -0.2) is 0 Å². The fraction of sp³-hybridized carbons (Fsp3) is 0.929. The van der Waals surface area contributed by atoms with Crippen molar-refractivity contribution in [2.45, 2.75) is 64.2 Å². The van der Waals surface area contributed by atoms with Crippen LogP contribution in [0.15, 0.2) is 4.99 Å². The lowest BCUT2D eigenvalue weighted by molar-refractivity contribution is 0.479. The summed E-state index contributed by atoms with van der Waals surface area (Å²) in [6.07, 6.45) is 6.79. The second-order valence-electron chi connectivity index (χ2n) is 5.60. The van der Waals surface area contributed by atoms with Gasteiger partial charge in [0.2, 0.25) is 0 Å². The highest BCUT2D eigenvalue weighted by Gasteiger charge is 2.28. The number of nitrogens with zero attached hydrogens (tertiary/aromatic N) is 1. The normalized spacial score (nSPS) is 26.1. The van der Waals surface area contributed by atoms with E-state index in [2.05, 4.69) is 31.1 Å². The topological polar surface area (TPSA) is 24.4 Å².